The Hall–Kier alpha value is -1.18. The molecule has 0 atom stereocenters. The molecule has 7 heteroatoms. The lowest BCUT2D eigenvalue weighted by molar-refractivity contribution is 0.284. The maximum absolute atomic E-state index is 14.3. The normalized spacial score (nSPS) is 14.8. The number of hydrogen-bond acceptors (Lipinski definition) is 4. The first-order valence-electron chi connectivity index (χ1n) is 8.59. The first-order chi connectivity index (χ1) is 11.5. The molecule has 1 aromatic carbocycles. The van der Waals surface area contributed by atoms with Crippen LogP contribution in [-0.2, 0) is 16.4 Å². The molecule has 3 N–H and O–H groups in total. The summed E-state index contributed by atoms with van der Waals surface area (Å²) < 4.78 is 46.1. The van der Waals surface area contributed by atoms with Crippen LogP contribution >= 0.6 is 0 Å². The first kappa shape index (κ1) is 19.1. The summed E-state index contributed by atoms with van der Waals surface area (Å²) in [5.74, 6) is 0.503. The Bertz CT molecular complexity index is 618. The van der Waals surface area contributed by atoms with Crippen LogP contribution in [0.2, 0.25) is 0 Å². The van der Waals surface area contributed by atoms with Gasteiger partial charge in [-0.1, -0.05) is 18.6 Å². The zero-order valence-corrected chi connectivity index (χ0v) is 14.8. The number of ether oxygens (including phenoxy) is 1. The van der Waals surface area contributed by atoms with Gasteiger partial charge >= 0.3 is 0 Å². The summed E-state index contributed by atoms with van der Waals surface area (Å²) in [7, 11) is -3.31. The van der Waals surface area contributed by atoms with Gasteiger partial charge in [0.15, 0.2) is 11.6 Å². The van der Waals surface area contributed by atoms with Crippen molar-refractivity contribution in [2.75, 3.05) is 25.4 Å². The molecule has 0 saturated heterocycles. The predicted octanol–water partition coefficient (Wildman–Crippen LogP) is 2.21. The summed E-state index contributed by atoms with van der Waals surface area (Å²) in [5, 5.41) is 0. The molecule has 0 aliphatic heterocycles. The maximum Gasteiger partial charge on any atom is 0.211 e. The zero-order valence-electron chi connectivity index (χ0n) is 14.0. The molecule has 5 nitrogen and oxygen atoms in total. The largest absolute Gasteiger partial charge is 0.490 e. The van der Waals surface area contributed by atoms with Crippen molar-refractivity contribution in [3.8, 4) is 5.75 Å². The number of rotatable bonds is 12. The molecule has 0 unspecified atom stereocenters. The molecule has 2 rings (SSSR count). The summed E-state index contributed by atoms with van der Waals surface area (Å²) in [6.07, 6.45) is 4.81. The minimum absolute atomic E-state index is 0.0834. The van der Waals surface area contributed by atoms with Gasteiger partial charge in [-0.25, -0.2) is 17.5 Å². The van der Waals surface area contributed by atoms with E-state index in [0.717, 1.165) is 25.7 Å². The Kier molecular flexibility index (Phi) is 7.45. The minimum atomic E-state index is -3.31. The van der Waals surface area contributed by atoms with E-state index in [9.17, 15) is 12.8 Å². The van der Waals surface area contributed by atoms with Crippen LogP contribution in [0.5, 0.6) is 5.75 Å². The van der Waals surface area contributed by atoms with Gasteiger partial charge in [0.05, 0.1) is 12.4 Å². The summed E-state index contributed by atoms with van der Waals surface area (Å²) in [4.78, 5) is 0. The molecule has 0 aromatic heterocycles. The molecule has 136 valence electrons. The summed E-state index contributed by atoms with van der Waals surface area (Å²) in [6.45, 7) is 1.31. The third-order valence-electron chi connectivity index (χ3n) is 4.05. The van der Waals surface area contributed by atoms with Crippen molar-refractivity contribution in [1.82, 2.24) is 4.72 Å². The topological polar surface area (TPSA) is 81.4 Å². The van der Waals surface area contributed by atoms with Gasteiger partial charge in [0.2, 0.25) is 10.0 Å². The number of halogens is 1. The molecule has 1 saturated carbocycles. The van der Waals surface area contributed by atoms with Crippen molar-refractivity contribution in [2.45, 2.75) is 38.5 Å². The van der Waals surface area contributed by atoms with Crippen LogP contribution in [0.1, 0.15) is 37.7 Å². The Labute approximate surface area is 143 Å². The number of nitrogens with one attached hydrogen (secondary N) is 1. The van der Waals surface area contributed by atoms with Gasteiger partial charge in [-0.15, -0.1) is 0 Å². The fourth-order valence-electron chi connectivity index (χ4n) is 2.38. The van der Waals surface area contributed by atoms with Crippen molar-refractivity contribution < 1.29 is 17.5 Å². The van der Waals surface area contributed by atoms with Crippen LogP contribution < -0.4 is 15.2 Å². The second kappa shape index (κ2) is 9.34. The second-order valence-electron chi connectivity index (χ2n) is 6.30. The number of benzene rings is 1. The molecule has 24 heavy (non-hydrogen) atoms. The van der Waals surface area contributed by atoms with Crippen molar-refractivity contribution in [3.63, 3.8) is 0 Å². The average molecular weight is 358 g/mol. The third-order valence-corrected chi connectivity index (χ3v) is 5.52. The molecule has 0 spiro atoms. The van der Waals surface area contributed by atoms with Gasteiger partial charge < -0.3 is 10.5 Å². The van der Waals surface area contributed by atoms with Crippen LogP contribution in [0, 0.1) is 11.7 Å². The molecule has 0 radical (unpaired) electrons. The van der Waals surface area contributed by atoms with Crippen LogP contribution in [0.4, 0.5) is 4.39 Å². The smallest absolute Gasteiger partial charge is 0.211 e. The monoisotopic (exact) mass is 358 g/mol. The average Bonchev–Trinajstić information content (AvgIpc) is 3.36. The number of nitrogens with two attached hydrogens (primary N) is 1. The van der Waals surface area contributed by atoms with E-state index in [2.05, 4.69) is 4.72 Å². The van der Waals surface area contributed by atoms with Gasteiger partial charge in [-0.05, 0) is 56.2 Å². The highest BCUT2D eigenvalue weighted by atomic mass is 32.2. The van der Waals surface area contributed by atoms with E-state index >= 15 is 0 Å². The Balaban J connectivity index is 1.77. The highest BCUT2D eigenvalue weighted by Crippen LogP contribution is 2.30. The molecule has 1 aliphatic carbocycles. The lowest BCUT2D eigenvalue weighted by atomic mass is 10.1. The molecule has 1 aromatic rings. The summed E-state index contributed by atoms with van der Waals surface area (Å²) >= 11 is 0. The number of sulfonamides is 1. The van der Waals surface area contributed by atoms with Gasteiger partial charge in [0, 0.05) is 6.54 Å². The lowest BCUT2D eigenvalue weighted by Gasteiger charge is -2.11. The molecular formula is C17H27FN2O3S. The Morgan fingerprint density at radius 3 is 2.75 bits per heavy atom. The fourth-order valence-corrected chi connectivity index (χ4v) is 3.52. The SMILES string of the molecule is NCCCCCS(=O)(=O)NCCc1cccc(OCC2CC2)c1F. The van der Waals surface area contributed by atoms with Crippen LogP contribution in [0.15, 0.2) is 18.2 Å². The van der Waals surface area contributed by atoms with Gasteiger partial charge in [-0.2, -0.15) is 0 Å². The molecule has 1 aliphatic rings. The van der Waals surface area contributed by atoms with E-state index in [0.29, 0.717) is 37.5 Å². The Morgan fingerprint density at radius 2 is 2.04 bits per heavy atom. The quantitative estimate of drug-likeness (QED) is 0.561. The molecule has 0 bridgehead atoms. The van der Waals surface area contributed by atoms with E-state index in [4.69, 9.17) is 10.5 Å². The lowest BCUT2D eigenvalue weighted by Crippen LogP contribution is -2.28. The molecular weight excluding hydrogens is 331 g/mol. The second-order valence-corrected chi connectivity index (χ2v) is 8.22. The van der Waals surface area contributed by atoms with Gasteiger partial charge in [0.25, 0.3) is 0 Å². The van der Waals surface area contributed by atoms with Crippen LogP contribution in [0.3, 0.4) is 0 Å². The first-order valence-corrected chi connectivity index (χ1v) is 10.2. The fraction of sp³-hybridized carbons (Fsp3) is 0.647. The number of unbranched alkanes of at least 4 members (excludes halogenated alkanes) is 2. The van der Waals surface area contributed by atoms with Crippen molar-refractivity contribution in [2.24, 2.45) is 11.7 Å². The maximum atomic E-state index is 14.3. The standard InChI is InChI=1S/C17H27FN2O3S/c18-17-15(5-4-6-16(17)23-13-14-7-8-14)9-11-20-24(21,22)12-3-1-2-10-19/h4-6,14,20H,1-3,7-13,19H2. The highest BCUT2D eigenvalue weighted by molar-refractivity contribution is 7.89. The van der Waals surface area contributed by atoms with Crippen molar-refractivity contribution in [3.05, 3.63) is 29.6 Å². The predicted molar refractivity (Wildman–Crippen MR) is 93.0 cm³/mol. The van der Waals surface area contributed by atoms with Gasteiger partial charge in [0.1, 0.15) is 0 Å². The van der Waals surface area contributed by atoms with E-state index in [1.54, 1.807) is 18.2 Å². The van der Waals surface area contributed by atoms with Crippen LogP contribution in [-0.4, -0.2) is 33.9 Å². The van der Waals surface area contributed by atoms with E-state index in [-0.39, 0.29) is 23.9 Å². The summed E-state index contributed by atoms with van der Waals surface area (Å²) in [6, 6.07) is 5.01. The van der Waals surface area contributed by atoms with Crippen molar-refractivity contribution >= 4 is 10.0 Å². The van der Waals surface area contributed by atoms with Gasteiger partial charge in [-0.3, -0.25) is 0 Å². The molecule has 0 amide bonds. The van der Waals surface area contributed by atoms with E-state index in [1.165, 1.54) is 0 Å². The minimum Gasteiger partial charge on any atom is -0.490 e. The van der Waals surface area contributed by atoms with Crippen molar-refractivity contribution in [1.29, 1.82) is 0 Å². The molecule has 0 heterocycles. The zero-order chi connectivity index (χ0) is 17.4. The third kappa shape index (κ3) is 6.75. The Morgan fingerprint density at radius 1 is 1.25 bits per heavy atom. The highest BCUT2D eigenvalue weighted by Gasteiger charge is 2.22. The van der Waals surface area contributed by atoms with E-state index in [1.807, 2.05) is 0 Å². The van der Waals surface area contributed by atoms with E-state index < -0.39 is 10.0 Å². The summed E-state index contributed by atoms with van der Waals surface area (Å²) in [5.41, 5.74) is 5.85. The number of hydrogen-bond donors (Lipinski definition) is 2. The van der Waals surface area contributed by atoms with Crippen LogP contribution in [0.25, 0.3) is 0 Å². The molecule has 1 fully saturated rings.